The molecule has 0 bridgehead atoms. The molecule has 4 aromatic rings. The largest absolute Gasteiger partial charge is 0.488 e. The molecule has 0 saturated carbocycles. The van der Waals surface area contributed by atoms with Crippen molar-refractivity contribution in [2.45, 2.75) is 52.9 Å². The van der Waals surface area contributed by atoms with Gasteiger partial charge in [-0.1, -0.05) is 48.4 Å². The molecular weight excluding hydrogens is 584 g/mol. The van der Waals surface area contributed by atoms with E-state index in [1.807, 2.05) is 43.3 Å². The van der Waals surface area contributed by atoms with Gasteiger partial charge in [0.25, 0.3) is 5.91 Å². The predicted molar refractivity (Wildman–Crippen MR) is 178 cm³/mol. The van der Waals surface area contributed by atoms with Gasteiger partial charge in [0.1, 0.15) is 30.8 Å². The first-order chi connectivity index (χ1) is 21.7. The number of likely N-dealkylation sites (tertiary alicyclic amines) is 1. The third-order valence-electron chi connectivity index (χ3n) is 8.37. The second-order valence-electron chi connectivity index (χ2n) is 11.8. The molecule has 0 aliphatic carbocycles. The van der Waals surface area contributed by atoms with E-state index in [0.717, 1.165) is 58.6 Å². The maximum atomic E-state index is 12.8. The Balaban J connectivity index is 1.40. The minimum Gasteiger partial charge on any atom is -0.488 e. The van der Waals surface area contributed by atoms with Gasteiger partial charge in [0.2, 0.25) is 0 Å². The van der Waals surface area contributed by atoms with Crippen LogP contribution in [0.3, 0.4) is 0 Å². The monoisotopic (exact) mass is 622 g/mol. The Hall–Kier alpha value is -4.38. The molecule has 7 nitrogen and oxygen atoms in total. The minimum absolute atomic E-state index is 0.0167. The first kappa shape index (κ1) is 32.0. The maximum Gasteiger partial charge on any atom is 0.253 e. The Morgan fingerprint density at radius 3 is 2.36 bits per heavy atom. The lowest BCUT2D eigenvalue weighted by Gasteiger charge is -2.27. The number of ether oxygens (including phenoxy) is 2. The predicted octanol–water partition coefficient (Wildman–Crippen LogP) is 7.74. The second kappa shape index (κ2) is 14.6. The molecule has 0 spiro atoms. The van der Waals surface area contributed by atoms with Crippen LogP contribution in [0.5, 0.6) is 11.5 Å². The van der Waals surface area contributed by atoms with Crippen LogP contribution in [0.25, 0.3) is 11.1 Å². The first-order valence-electron chi connectivity index (χ1n) is 15.3. The molecule has 0 N–H and O–H groups in total. The lowest BCUT2D eigenvalue weighted by Crippen LogP contribution is -2.29. The average Bonchev–Trinajstić information content (AvgIpc) is 3.05. The SMILES string of the molecule is Cc1c(COc2cc(OCc3cncc(C#N)c3)c(CN3CCCCC3)cc2Cl)cccc1-c1cccc(C(=O)N(C)C)c1C. The molecule has 1 aliphatic rings. The number of hydrogen-bond donors (Lipinski definition) is 0. The van der Waals surface area contributed by atoms with E-state index < -0.39 is 0 Å². The van der Waals surface area contributed by atoms with Gasteiger partial charge < -0.3 is 14.4 Å². The van der Waals surface area contributed by atoms with Crippen molar-refractivity contribution in [2.75, 3.05) is 27.2 Å². The van der Waals surface area contributed by atoms with Gasteiger partial charge in [-0.25, -0.2) is 0 Å². The number of nitrogens with zero attached hydrogens (tertiary/aromatic N) is 4. The smallest absolute Gasteiger partial charge is 0.253 e. The van der Waals surface area contributed by atoms with Gasteiger partial charge in [-0.05, 0) is 85.8 Å². The molecule has 1 amide bonds. The number of pyridine rings is 1. The summed E-state index contributed by atoms with van der Waals surface area (Å²) in [7, 11) is 3.53. The Morgan fingerprint density at radius 1 is 0.911 bits per heavy atom. The van der Waals surface area contributed by atoms with Crippen molar-refractivity contribution in [3.05, 3.63) is 111 Å². The third-order valence-corrected chi connectivity index (χ3v) is 8.66. The number of piperidine rings is 1. The number of carbonyl (C=O) groups is 1. The molecular formula is C37H39ClN4O3. The summed E-state index contributed by atoms with van der Waals surface area (Å²) < 4.78 is 12.7. The molecule has 45 heavy (non-hydrogen) atoms. The summed E-state index contributed by atoms with van der Waals surface area (Å²) in [5, 5.41) is 9.81. The van der Waals surface area contributed by atoms with Crippen LogP contribution in [-0.4, -0.2) is 47.9 Å². The van der Waals surface area contributed by atoms with E-state index in [4.69, 9.17) is 21.1 Å². The van der Waals surface area contributed by atoms with Gasteiger partial charge in [0, 0.05) is 55.8 Å². The van der Waals surface area contributed by atoms with E-state index in [1.54, 1.807) is 31.3 Å². The van der Waals surface area contributed by atoms with Crippen LogP contribution in [0.1, 0.15) is 63.0 Å². The number of carbonyl (C=O) groups excluding carboxylic acids is 1. The number of amides is 1. The molecule has 232 valence electrons. The fraction of sp³-hybridized carbons (Fsp3) is 0.324. The summed E-state index contributed by atoms with van der Waals surface area (Å²) in [6.07, 6.45) is 6.88. The quantitative estimate of drug-likeness (QED) is 0.180. The highest BCUT2D eigenvalue weighted by molar-refractivity contribution is 6.32. The van der Waals surface area contributed by atoms with E-state index in [2.05, 4.69) is 35.0 Å². The third kappa shape index (κ3) is 7.65. The molecule has 2 heterocycles. The zero-order valence-corrected chi connectivity index (χ0v) is 27.2. The lowest BCUT2D eigenvalue weighted by atomic mass is 9.91. The van der Waals surface area contributed by atoms with Crippen molar-refractivity contribution in [3.63, 3.8) is 0 Å². The lowest BCUT2D eigenvalue weighted by molar-refractivity contribution is 0.0827. The van der Waals surface area contributed by atoms with Gasteiger partial charge in [-0.2, -0.15) is 5.26 Å². The zero-order chi connectivity index (χ0) is 31.9. The van der Waals surface area contributed by atoms with Crippen LogP contribution in [0, 0.1) is 25.2 Å². The van der Waals surface area contributed by atoms with Crippen molar-refractivity contribution in [1.82, 2.24) is 14.8 Å². The van der Waals surface area contributed by atoms with Crippen LogP contribution in [0.2, 0.25) is 5.02 Å². The summed E-state index contributed by atoms with van der Waals surface area (Å²) in [4.78, 5) is 21.0. The summed E-state index contributed by atoms with van der Waals surface area (Å²) in [6.45, 7) is 7.49. The molecule has 1 aliphatic heterocycles. The minimum atomic E-state index is -0.0167. The summed E-state index contributed by atoms with van der Waals surface area (Å²) in [5.74, 6) is 1.22. The molecule has 1 saturated heterocycles. The van der Waals surface area contributed by atoms with Gasteiger partial charge in [0.05, 0.1) is 10.6 Å². The van der Waals surface area contributed by atoms with Gasteiger partial charge in [-0.3, -0.25) is 14.7 Å². The Bertz CT molecular complexity index is 1720. The topological polar surface area (TPSA) is 78.7 Å². The van der Waals surface area contributed by atoms with Crippen LogP contribution >= 0.6 is 11.6 Å². The first-order valence-corrected chi connectivity index (χ1v) is 15.7. The number of rotatable bonds is 10. The number of aromatic nitrogens is 1. The highest BCUT2D eigenvalue weighted by atomic mass is 35.5. The van der Waals surface area contributed by atoms with Crippen LogP contribution in [-0.2, 0) is 19.8 Å². The van der Waals surface area contributed by atoms with Crippen molar-refractivity contribution < 1.29 is 14.3 Å². The van der Waals surface area contributed by atoms with E-state index in [-0.39, 0.29) is 12.5 Å². The van der Waals surface area contributed by atoms with Crippen LogP contribution < -0.4 is 9.47 Å². The number of halogens is 1. The van der Waals surface area contributed by atoms with Gasteiger partial charge >= 0.3 is 0 Å². The molecule has 5 rings (SSSR count). The summed E-state index contributed by atoms with van der Waals surface area (Å²) in [5.41, 5.74) is 8.12. The number of hydrogen-bond acceptors (Lipinski definition) is 6. The molecule has 8 heteroatoms. The van der Waals surface area contributed by atoms with Crippen LogP contribution in [0.4, 0.5) is 0 Å². The molecule has 0 atom stereocenters. The molecule has 1 fully saturated rings. The molecule has 1 aromatic heterocycles. The van der Waals surface area contributed by atoms with E-state index in [1.165, 1.54) is 25.5 Å². The number of nitriles is 1. The zero-order valence-electron chi connectivity index (χ0n) is 26.4. The molecule has 3 aromatic carbocycles. The normalized spacial score (nSPS) is 13.2. The Labute approximate surface area is 271 Å². The van der Waals surface area contributed by atoms with Crippen molar-refractivity contribution in [2.24, 2.45) is 0 Å². The van der Waals surface area contributed by atoms with E-state index >= 15 is 0 Å². The Morgan fingerprint density at radius 2 is 1.62 bits per heavy atom. The Kier molecular flexibility index (Phi) is 10.4. The van der Waals surface area contributed by atoms with E-state index in [0.29, 0.717) is 34.3 Å². The standard InChI is InChI=1S/C37H39ClN4O3/c1-25-29(10-8-11-31(25)32-12-9-13-33(26(32)2)37(43)41(3)4)24-45-36-18-35(44-23-28-16-27(19-39)20-40-21-28)30(17-34(36)38)22-42-14-6-5-7-15-42/h8-13,16-18,20-21H,5-7,14-15,22-24H2,1-4H3. The molecule has 0 radical (unpaired) electrons. The molecule has 0 unspecified atom stereocenters. The summed E-state index contributed by atoms with van der Waals surface area (Å²) >= 11 is 6.82. The van der Waals surface area contributed by atoms with Crippen LogP contribution in [0.15, 0.2) is 67.0 Å². The van der Waals surface area contributed by atoms with E-state index in [9.17, 15) is 10.1 Å². The average molecular weight is 623 g/mol. The fourth-order valence-electron chi connectivity index (χ4n) is 5.78. The number of benzene rings is 3. The summed E-state index contributed by atoms with van der Waals surface area (Å²) in [6, 6.07) is 19.7. The maximum absolute atomic E-state index is 12.8. The van der Waals surface area contributed by atoms with Crippen molar-refractivity contribution >= 4 is 17.5 Å². The second-order valence-corrected chi connectivity index (χ2v) is 12.2. The van der Waals surface area contributed by atoms with Crippen molar-refractivity contribution in [3.8, 4) is 28.7 Å². The fourth-order valence-corrected chi connectivity index (χ4v) is 6.02. The van der Waals surface area contributed by atoms with Gasteiger partial charge in [0.15, 0.2) is 0 Å². The highest BCUT2D eigenvalue weighted by Crippen LogP contribution is 2.36. The van der Waals surface area contributed by atoms with Gasteiger partial charge in [-0.15, -0.1) is 0 Å². The van der Waals surface area contributed by atoms with Crippen molar-refractivity contribution in [1.29, 1.82) is 5.26 Å². The highest BCUT2D eigenvalue weighted by Gasteiger charge is 2.19.